The molecule has 28 heavy (non-hydrogen) atoms. The van der Waals surface area contributed by atoms with Gasteiger partial charge in [-0.2, -0.15) is 5.10 Å². The van der Waals surface area contributed by atoms with Crippen molar-refractivity contribution in [3.8, 4) is 11.3 Å². The van der Waals surface area contributed by atoms with E-state index in [1.165, 1.54) is 44.4 Å². The molecule has 0 amide bonds. The van der Waals surface area contributed by atoms with E-state index in [1.54, 1.807) is 6.33 Å². The molecule has 1 aliphatic carbocycles. The van der Waals surface area contributed by atoms with Gasteiger partial charge in [0.2, 0.25) is 0 Å². The van der Waals surface area contributed by atoms with E-state index >= 15 is 0 Å². The van der Waals surface area contributed by atoms with Crippen molar-refractivity contribution in [1.29, 1.82) is 0 Å². The smallest absolute Gasteiger partial charge is 0.158 e. The van der Waals surface area contributed by atoms with Crippen LogP contribution < -0.4 is 5.73 Å². The summed E-state index contributed by atoms with van der Waals surface area (Å²) in [5.74, 6) is 1.02. The molecule has 0 saturated heterocycles. The zero-order chi connectivity index (χ0) is 19.6. The number of hydrogen-bond donors (Lipinski definition) is 2. The molecule has 3 N–H and O–H groups in total. The molecule has 5 heteroatoms. The normalized spacial score (nSPS) is 19.6. The van der Waals surface area contributed by atoms with Gasteiger partial charge in [0.1, 0.15) is 6.33 Å². The van der Waals surface area contributed by atoms with Gasteiger partial charge in [-0.15, -0.1) is 0 Å². The molecular formula is C23H27N5. The monoisotopic (exact) mass is 373 g/mol. The fraction of sp³-hybridized carbons (Fsp3) is 0.391. The van der Waals surface area contributed by atoms with Crippen LogP contribution in [0.5, 0.6) is 0 Å². The first kappa shape index (κ1) is 17.4. The Morgan fingerprint density at radius 3 is 2.68 bits per heavy atom. The average molecular weight is 374 g/mol. The second kappa shape index (κ2) is 6.17. The molecule has 0 unspecified atom stereocenters. The number of aromatic nitrogens is 4. The summed E-state index contributed by atoms with van der Waals surface area (Å²) < 4.78 is 1.88. The Morgan fingerprint density at radius 1 is 1.18 bits per heavy atom. The summed E-state index contributed by atoms with van der Waals surface area (Å²) in [4.78, 5) is 8.11. The van der Waals surface area contributed by atoms with Gasteiger partial charge in [-0.1, -0.05) is 19.9 Å². The highest BCUT2D eigenvalue weighted by atomic mass is 15.3. The molecular weight excluding hydrogens is 346 g/mol. The summed E-state index contributed by atoms with van der Waals surface area (Å²) in [5, 5.41) is 5.71. The molecule has 0 spiro atoms. The highest BCUT2D eigenvalue weighted by molar-refractivity contribution is 5.92. The van der Waals surface area contributed by atoms with Crippen LogP contribution in [0.25, 0.3) is 27.8 Å². The second-order valence-electron chi connectivity index (χ2n) is 8.62. The van der Waals surface area contributed by atoms with Crippen molar-refractivity contribution >= 4 is 16.6 Å². The Kier molecular flexibility index (Phi) is 3.85. The maximum Gasteiger partial charge on any atom is 0.158 e. The van der Waals surface area contributed by atoms with Gasteiger partial charge < -0.3 is 10.7 Å². The molecule has 1 saturated carbocycles. The van der Waals surface area contributed by atoms with Gasteiger partial charge in [0.25, 0.3) is 0 Å². The van der Waals surface area contributed by atoms with Crippen LogP contribution in [0.3, 0.4) is 0 Å². The number of pyridine rings is 1. The number of H-pyrrole nitrogens is 1. The Balaban J connectivity index is 1.73. The molecule has 5 nitrogen and oxygen atoms in total. The lowest BCUT2D eigenvalue weighted by Gasteiger charge is -2.32. The van der Waals surface area contributed by atoms with Crippen LogP contribution in [0.15, 0.2) is 30.7 Å². The van der Waals surface area contributed by atoms with Crippen LogP contribution in [0.4, 0.5) is 0 Å². The molecule has 0 bridgehead atoms. The van der Waals surface area contributed by atoms with E-state index in [0.29, 0.717) is 17.9 Å². The predicted octanol–water partition coefficient (Wildman–Crippen LogP) is 4.82. The summed E-state index contributed by atoms with van der Waals surface area (Å²) in [6.07, 6.45) is 5.92. The first-order chi connectivity index (χ1) is 13.4. The van der Waals surface area contributed by atoms with E-state index in [0.717, 1.165) is 18.5 Å². The largest absolute Gasteiger partial charge is 0.354 e. The van der Waals surface area contributed by atoms with Gasteiger partial charge in [0, 0.05) is 28.7 Å². The molecule has 3 heterocycles. The first-order valence-electron chi connectivity index (χ1n) is 10.1. The second-order valence-corrected chi connectivity index (χ2v) is 8.62. The van der Waals surface area contributed by atoms with E-state index in [1.807, 2.05) is 4.52 Å². The lowest BCUT2D eigenvalue weighted by Crippen LogP contribution is -2.34. The van der Waals surface area contributed by atoms with E-state index in [9.17, 15) is 0 Å². The van der Waals surface area contributed by atoms with E-state index in [2.05, 4.69) is 67.2 Å². The summed E-state index contributed by atoms with van der Waals surface area (Å²) in [7, 11) is 0. The fourth-order valence-electron chi connectivity index (χ4n) is 4.68. The van der Waals surface area contributed by atoms with Crippen molar-refractivity contribution in [2.45, 2.75) is 58.4 Å². The molecule has 5 rings (SSSR count). The minimum absolute atomic E-state index is 0.368. The van der Waals surface area contributed by atoms with Gasteiger partial charge in [0.15, 0.2) is 5.65 Å². The summed E-state index contributed by atoms with van der Waals surface area (Å²) >= 11 is 0. The fourth-order valence-corrected chi connectivity index (χ4v) is 4.68. The number of nitrogens with two attached hydrogens (primary N) is 1. The maximum absolute atomic E-state index is 6.02. The van der Waals surface area contributed by atoms with Crippen molar-refractivity contribution in [2.75, 3.05) is 0 Å². The molecule has 0 aliphatic heterocycles. The third-order valence-corrected chi connectivity index (χ3v) is 6.48. The minimum atomic E-state index is 0.368. The lowest BCUT2D eigenvalue weighted by atomic mass is 9.76. The van der Waals surface area contributed by atoms with E-state index in [4.69, 9.17) is 5.73 Å². The molecule has 1 fully saturated rings. The number of fused-ring (bicyclic) bond motifs is 2. The Bertz CT molecular complexity index is 1190. The Hall–Kier alpha value is -2.66. The van der Waals surface area contributed by atoms with E-state index in [-0.39, 0.29) is 0 Å². The predicted molar refractivity (Wildman–Crippen MR) is 114 cm³/mol. The Morgan fingerprint density at radius 2 is 1.96 bits per heavy atom. The number of aromatic amines is 1. The van der Waals surface area contributed by atoms with Crippen LogP contribution in [0, 0.1) is 13.8 Å². The average Bonchev–Trinajstić information content (AvgIpc) is 3.25. The first-order valence-corrected chi connectivity index (χ1v) is 10.1. The van der Waals surface area contributed by atoms with Crippen molar-refractivity contribution in [3.05, 3.63) is 53.0 Å². The topological polar surface area (TPSA) is 72.0 Å². The number of benzene rings is 1. The van der Waals surface area contributed by atoms with Gasteiger partial charge in [-0.05, 0) is 72.9 Å². The van der Waals surface area contributed by atoms with Gasteiger partial charge in [-0.25, -0.2) is 9.50 Å². The standard InChI is InChI=1S/C23H27N5/c1-12(2)21-18-9-15(16-7-17(24)8-16)5-6-20(18)27-22(21)19-10-28-23(25-11-26-28)14(4)13(19)3/h5-6,9-12,16-17,27H,7-8,24H2,1-4H3. The number of hydrogen-bond acceptors (Lipinski definition) is 3. The molecule has 0 atom stereocenters. The number of nitrogens with zero attached hydrogens (tertiary/aromatic N) is 3. The molecule has 3 aromatic heterocycles. The lowest BCUT2D eigenvalue weighted by molar-refractivity contribution is 0.352. The molecule has 4 aromatic rings. The summed E-state index contributed by atoms with van der Waals surface area (Å²) in [6.45, 7) is 8.84. The van der Waals surface area contributed by atoms with Crippen molar-refractivity contribution in [2.24, 2.45) is 5.73 Å². The van der Waals surface area contributed by atoms with Crippen LogP contribution >= 0.6 is 0 Å². The van der Waals surface area contributed by atoms with Crippen LogP contribution in [-0.4, -0.2) is 25.6 Å². The Labute approximate surface area is 165 Å². The molecule has 144 valence electrons. The maximum atomic E-state index is 6.02. The van der Waals surface area contributed by atoms with Crippen LogP contribution in [0.1, 0.15) is 60.8 Å². The zero-order valence-electron chi connectivity index (χ0n) is 17.0. The van der Waals surface area contributed by atoms with Crippen molar-refractivity contribution < 1.29 is 0 Å². The molecule has 1 aromatic carbocycles. The van der Waals surface area contributed by atoms with Gasteiger partial charge in [0.05, 0.1) is 5.69 Å². The van der Waals surface area contributed by atoms with E-state index < -0.39 is 0 Å². The van der Waals surface area contributed by atoms with Gasteiger partial charge >= 0.3 is 0 Å². The number of rotatable bonds is 3. The highest BCUT2D eigenvalue weighted by Gasteiger charge is 2.28. The zero-order valence-corrected chi connectivity index (χ0v) is 17.0. The van der Waals surface area contributed by atoms with Crippen LogP contribution in [0.2, 0.25) is 0 Å². The SMILES string of the molecule is Cc1c(-c2[nH]c3ccc(C4CC(N)C4)cc3c2C(C)C)cn2ncnc2c1C. The molecule has 0 radical (unpaired) electrons. The van der Waals surface area contributed by atoms with Crippen molar-refractivity contribution in [3.63, 3.8) is 0 Å². The third-order valence-electron chi connectivity index (χ3n) is 6.48. The summed E-state index contributed by atoms with van der Waals surface area (Å²) in [5.41, 5.74) is 15.8. The third kappa shape index (κ3) is 2.49. The summed E-state index contributed by atoms with van der Waals surface area (Å²) in [6, 6.07) is 7.26. The number of nitrogens with one attached hydrogen (secondary N) is 1. The van der Waals surface area contributed by atoms with Crippen LogP contribution in [-0.2, 0) is 0 Å². The highest BCUT2D eigenvalue weighted by Crippen LogP contribution is 2.41. The molecule has 1 aliphatic rings. The van der Waals surface area contributed by atoms with Crippen molar-refractivity contribution in [1.82, 2.24) is 19.6 Å². The van der Waals surface area contributed by atoms with Gasteiger partial charge in [-0.3, -0.25) is 0 Å². The minimum Gasteiger partial charge on any atom is -0.354 e. The number of aryl methyl sites for hydroxylation is 1. The quantitative estimate of drug-likeness (QED) is 0.541.